The Balaban J connectivity index is 2.66. The van der Waals surface area contributed by atoms with Gasteiger partial charge in [0.25, 0.3) is 5.91 Å². The van der Waals surface area contributed by atoms with Crippen molar-refractivity contribution >= 4 is 11.9 Å². The average molecular weight is 305 g/mol. The molecule has 21 heavy (non-hydrogen) atoms. The number of alkyl halides is 3. The van der Waals surface area contributed by atoms with E-state index in [-0.39, 0.29) is 12.3 Å². The Morgan fingerprint density at radius 2 is 2.00 bits per heavy atom. The van der Waals surface area contributed by atoms with Crippen molar-refractivity contribution in [2.45, 2.75) is 13.1 Å². The van der Waals surface area contributed by atoms with Crippen LogP contribution in [0, 0.1) is 0 Å². The molecule has 0 aliphatic heterocycles. The number of rotatable bonds is 6. The van der Waals surface area contributed by atoms with E-state index in [0.717, 1.165) is 23.1 Å². The third-order valence-electron chi connectivity index (χ3n) is 2.58. The summed E-state index contributed by atoms with van der Waals surface area (Å²) >= 11 is 0. The maximum atomic E-state index is 12.5. The third kappa shape index (κ3) is 5.33. The molecule has 0 aliphatic rings. The minimum Gasteiger partial charge on any atom is -0.484 e. The normalized spacial score (nSPS) is 11.0. The smallest absolute Gasteiger partial charge is 0.416 e. The molecule has 116 valence electrons. The number of ether oxygens (including phenoxy) is 1. The summed E-state index contributed by atoms with van der Waals surface area (Å²) in [6.07, 6.45) is -4.50. The highest BCUT2D eigenvalue weighted by Crippen LogP contribution is 2.31. The third-order valence-corrected chi connectivity index (χ3v) is 2.58. The molecule has 0 spiro atoms. The van der Waals surface area contributed by atoms with Crippen molar-refractivity contribution in [3.8, 4) is 5.75 Å². The summed E-state index contributed by atoms with van der Waals surface area (Å²) in [6.45, 7) is 0.742. The first-order chi connectivity index (χ1) is 9.74. The molecule has 0 aromatic heterocycles. The van der Waals surface area contributed by atoms with Crippen LogP contribution in [0.1, 0.15) is 12.5 Å². The largest absolute Gasteiger partial charge is 0.484 e. The summed E-state index contributed by atoms with van der Waals surface area (Å²) in [6, 6.07) is 4.12. The first kappa shape index (κ1) is 16.8. The van der Waals surface area contributed by atoms with Crippen LogP contribution in [0.15, 0.2) is 24.3 Å². The number of aliphatic carboxylic acids is 1. The summed E-state index contributed by atoms with van der Waals surface area (Å²) in [5.74, 6) is -1.90. The van der Waals surface area contributed by atoms with E-state index >= 15 is 0 Å². The van der Waals surface area contributed by atoms with Gasteiger partial charge in [0, 0.05) is 6.54 Å². The molecular formula is C13H14F3NO4. The molecule has 1 amide bonds. The van der Waals surface area contributed by atoms with Gasteiger partial charge in [-0.2, -0.15) is 13.2 Å². The number of likely N-dealkylation sites (N-methyl/N-ethyl adjacent to an activating group) is 1. The Hall–Kier alpha value is -2.25. The molecule has 0 heterocycles. The van der Waals surface area contributed by atoms with Crippen molar-refractivity contribution < 1.29 is 32.6 Å². The second-order valence-electron chi connectivity index (χ2n) is 4.12. The lowest BCUT2D eigenvalue weighted by Gasteiger charge is -2.18. The van der Waals surface area contributed by atoms with Gasteiger partial charge in [0.05, 0.1) is 5.56 Å². The van der Waals surface area contributed by atoms with Gasteiger partial charge < -0.3 is 14.7 Å². The van der Waals surface area contributed by atoms with Crippen LogP contribution in [0.2, 0.25) is 0 Å². The number of nitrogens with zero attached hydrogens (tertiary/aromatic N) is 1. The standard InChI is InChI=1S/C13H14F3NO4/c1-2-17(7-12(19)20)11(18)8-21-10-5-3-4-9(6-10)13(14,15)16/h3-6H,2,7-8H2,1H3,(H,19,20). The van der Waals surface area contributed by atoms with E-state index in [4.69, 9.17) is 9.84 Å². The number of hydrogen-bond acceptors (Lipinski definition) is 3. The second-order valence-corrected chi connectivity index (χ2v) is 4.12. The Morgan fingerprint density at radius 1 is 1.33 bits per heavy atom. The van der Waals surface area contributed by atoms with E-state index in [1.54, 1.807) is 6.92 Å². The monoisotopic (exact) mass is 305 g/mol. The molecule has 1 aromatic carbocycles. The molecule has 0 saturated carbocycles. The highest BCUT2D eigenvalue weighted by Gasteiger charge is 2.30. The molecule has 0 unspecified atom stereocenters. The minimum atomic E-state index is -4.50. The molecule has 5 nitrogen and oxygen atoms in total. The lowest BCUT2D eigenvalue weighted by Crippen LogP contribution is -2.38. The number of benzene rings is 1. The van der Waals surface area contributed by atoms with Crippen LogP contribution >= 0.6 is 0 Å². The lowest BCUT2D eigenvalue weighted by atomic mass is 10.2. The number of carbonyl (C=O) groups excluding carboxylic acids is 1. The number of carbonyl (C=O) groups is 2. The molecule has 0 radical (unpaired) electrons. The van der Waals surface area contributed by atoms with Crippen LogP contribution in [0.25, 0.3) is 0 Å². The predicted molar refractivity (Wildman–Crippen MR) is 66.8 cm³/mol. The van der Waals surface area contributed by atoms with E-state index in [0.29, 0.717) is 0 Å². The summed E-state index contributed by atoms with van der Waals surface area (Å²) in [7, 11) is 0. The van der Waals surface area contributed by atoms with Crippen molar-refractivity contribution in [1.82, 2.24) is 4.90 Å². The zero-order chi connectivity index (χ0) is 16.0. The van der Waals surface area contributed by atoms with Gasteiger partial charge in [-0.1, -0.05) is 6.07 Å². The van der Waals surface area contributed by atoms with Gasteiger partial charge in [0.1, 0.15) is 12.3 Å². The molecule has 0 aliphatic carbocycles. The molecule has 1 rings (SSSR count). The molecular weight excluding hydrogens is 291 g/mol. The molecule has 0 atom stereocenters. The fraction of sp³-hybridized carbons (Fsp3) is 0.385. The van der Waals surface area contributed by atoms with Crippen molar-refractivity contribution in [1.29, 1.82) is 0 Å². The second kappa shape index (κ2) is 6.96. The van der Waals surface area contributed by atoms with Gasteiger partial charge in [-0.3, -0.25) is 9.59 Å². The SMILES string of the molecule is CCN(CC(=O)O)C(=O)COc1cccc(C(F)(F)F)c1. The van der Waals surface area contributed by atoms with Gasteiger partial charge in [0.15, 0.2) is 6.61 Å². The molecule has 0 saturated heterocycles. The Bertz CT molecular complexity index is 516. The van der Waals surface area contributed by atoms with Crippen LogP contribution in [0.5, 0.6) is 5.75 Å². The quantitative estimate of drug-likeness (QED) is 0.873. The topological polar surface area (TPSA) is 66.8 Å². The minimum absolute atomic E-state index is 0.107. The van der Waals surface area contributed by atoms with Crippen molar-refractivity contribution in [3.63, 3.8) is 0 Å². The maximum Gasteiger partial charge on any atom is 0.416 e. The molecule has 1 N–H and O–H groups in total. The van der Waals surface area contributed by atoms with Crippen molar-refractivity contribution in [3.05, 3.63) is 29.8 Å². The van der Waals surface area contributed by atoms with Crippen molar-refractivity contribution in [2.75, 3.05) is 19.7 Å². The Kier molecular flexibility index (Phi) is 5.57. The summed E-state index contributed by atoms with van der Waals surface area (Å²) in [5.41, 5.74) is -0.884. The van der Waals surface area contributed by atoms with Crippen LogP contribution in [0.3, 0.4) is 0 Å². The first-order valence-electron chi connectivity index (χ1n) is 6.03. The number of halogens is 3. The number of carboxylic acid groups (broad SMARTS) is 1. The van der Waals surface area contributed by atoms with E-state index in [1.807, 2.05) is 0 Å². The summed E-state index contributed by atoms with van der Waals surface area (Å²) < 4.78 is 42.5. The zero-order valence-electron chi connectivity index (χ0n) is 11.2. The highest BCUT2D eigenvalue weighted by atomic mass is 19.4. The summed E-state index contributed by atoms with van der Waals surface area (Å²) in [5, 5.41) is 8.62. The Labute approximate surface area is 118 Å². The van der Waals surface area contributed by atoms with Crippen molar-refractivity contribution in [2.24, 2.45) is 0 Å². The Morgan fingerprint density at radius 3 is 2.52 bits per heavy atom. The predicted octanol–water partition coefficient (Wildman–Crippen LogP) is 2.02. The van der Waals surface area contributed by atoms with E-state index in [1.165, 1.54) is 6.07 Å². The van der Waals surface area contributed by atoms with Gasteiger partial charge in [-0.05, 0) is 25.1 Å². The maximum absolute atomic E-state index is 12.5. The zero-order valence-corrected chi connectivity index (χ0v) is 11.2. The van der Waals surface area contributed by atoms with Gasteiger partial charge in [-0.25, -0.2) is 0 Å². The number of carboxylic acids is 1. The molecule has 0 fully saturated rings. The van der Waals surface area contributed by atoms with Gasteiger partial charge >= 0.3 is 12.1 Å². The van der Waals surface area contributed by atoms with Crippen LogP contribution in [-0.4, -0.2) is 41.6 Å². The van der Waals surface area contributed by atoms with Crippen LogP contribution < -0.4 is 4.74 Å². The van der Waals surface area contributed by atoms with Gasteiger partial charge in [-0.15, -0.1) is 0 Å². The molecule has 8 heteroatoms. The van der Waals surface area contributed by atoms with E-state index < -0.39 is 36.8 Å². The van der Waals surface area contributed by atoms with Gasteiger partial charge in [0.2, 0.25) is 0 Å². The van der Waals surface area contributed by atoms with Crippen LogP contribution in [-0.2, 0) is 15.8 Å². The fourth-order valence-electron chi connectivity index (χ4n) is 1.54. The lowest BCUT2D eigenvalue weighted by molar-refractivity contribution is -0.145. The van der Waals surface area contributed by atoms with E-state index in [9.17, 15) is 22.8 Å². The molecule has 1 aromatic rings. The fourth-order valence-corrected chi connectivity index (χ4v) is 1.54. The number of amides is 1. The first-order valence-corrected chi connectivity index (χ1v) is 6.03. The summed E-state index contributed by atoms with van der Waals surface area (Å²) in [4.78, 5) is 23.2. The average Bonchev–Trinajstić information content (AvgIpc) is 2.41. The highest BCUT2D eigenvalue weighted by molar-refractivity contribution is 5.82. The van der Waals surface area contributed by atoms with E-state index in [2.05, 4.69) is 0 Å². The molecule has 0 bridgehead atoms. The van der Waals surface area contributed by atoms with Crippen LogP contribution in [0.4, 0.5) is 13.2 Å². The number of hydrogen-bond donors (Lipinski definition) is 1.